The summed E-state index contributed by atoms with van der Waals surface area (Å²) in [4.78, 5) is 2.11. The minimum Gasteiger partial charge on any atom is -0.464 e. The molecule has 0 aromatic carbocycles. The van der Waals surface area contributed by atoms with Crippen molar-refractivity contribution < 1.29 is 4.42 Å². The number of hydrogen-bond acceptors (Lipinski definition) is 4. The van der Waals surface area contributed by atoms with Crippen LogP contribution in [0.3, 0.4) is 0 Å². The fourth-order valence-electron chi connectivity index (χ4n) is 1.39. The third kappa shape index (κ3) is 5.58. The molecule has 0 bridgehead atoms. The molecule has 1 N–H and O–H groups in total. The van der Waals surface area contributed by atoms with Crippen LogP contribution < -0.4 is 5.32 Å². The Morgan fingerprint density at radius 3 is 2.75 bits per heavy atom. The van der Waals surface area contributed by atoms with Crippen molar-refractivity contribution in [2.24, 2.45) is 0 Å². The van der Waals surface area contributed by atoms with Crippen molar-refractivity contribution in [1.29, 1.82) is 0 Å². The van der Waals surface area contributed by atoms with Crippen molar-refractivity contribution in [2.75, 3.05) is 32.9 Å². The Balaban J connectivity index is 2.19. The molecular formula is C12H22N2OS. The van der Waals surface area contributed by atoms with Crippen LogP contribution in [0.25, 0.3) is 0 Å². The standard InChI is InChI=1S/C12H22N2OS/c1-4-13-7-8-16-10-12-6-5-11(15-12)9-14(2)3/h5-6,13H,4,7-10H2,1-3H3. The average Bonchev–Trinajstić information content (AvgIpc) is 2.64. The van der Waals surface area contributed by atoms with Gasteiger partial charge in [-0.2, -0.15) is 11.8 Å². The molecule has 1 aromatic heterocycles. The molecule has 1 heterocycles. The van der Waals surface area contributed by atoms with Crippen molar-refractivity contribution in [1.82, 2.24) is 10.2 Å². The molecule has 0 aliphatic heterocycles. The highest BCUT2D eigenvalue weighted by Crippen LogP contribution is 2.15. The highest BCUT2D eigenvalue weighted by molar-refractivity contribution is 7.98. The van der Waals surface area contributed by atoms with E-state index in [0.717, 1.165) is 42.7 Å². The molecule has 0 spiro atoms. The summed E-state index contributed by atoms with van der Waals surface area (Å²) in [6.45, 7) is 5.13. The minimum absolute atomic E-state index is 0.877. The van der Waals surface area contributed by atoms with Gasteiger partial charge in [-0.05, 0) is 32.8 Å². The molecule has 0 aliphatic rings. The first-order valence-electron chi connectivity index (χ1n) is 5.73. The third-order valence-corrected chi connectivity index (χ3v) is 3.09. The second-order valence-electron chi connectivity index (χ2n) is 4.01. The molecule has 0 atom stereocenters. The van der Waals surface area contributed by atoms with Crippen LogP contribution in [0.1, 0.15) is 18.4 Å². The second kappa shape index (κ2) is 7.76. The summed E-state index contributed by atoms with van der Waals surface area (Å²) in [5.74, 6) is 4.24. The van der Waals surface area contributed by atoms with E-state index in [1.165, 1.54) is 0 Å². The van der Waals surface area contributed by atoms with Crippen LogP contribution in [-0.2, 0) is 12.3 Å². The van der Waals surface area contributed by atoms with Crippen LogP contribution in [0.15, 0.2) is 16.5 Å². The van der Waals surface area contributed by atoms with E-state index < -0.39 is 0 Å². The zero-order valence-corrected chi connectivity index (χ0v) is 11.3. The van der Waals surface area contributed by atoms with Crippen molar-refractivity contribution >= 4 is 11.8 Å². The first-order valence-corrected chi connectivity index (χ1v) is 6.88. The van der Waals surface area contributed by atoms with Crippen molar-refractivity contribution in [2.45, 2.75) is 19.2 Å². The zero-order chi connectivity index (χ0) is 11.8. The van der Waals surface area contributed by atoms with Crippen LogP contribution in [0.2, 0.25) is 0 Å². The molecule has 0 radical (unpaired) electrons. The van der Waals surface area contributed by atoms with Gasteiger partial charge >= 0.3 is 0 Å². The minimum atomic E-state index is 0.877. The van der Waals surface area contributed by atoms with Crippen LogP contribution in [0.4, 0.5) is 0 Å². The maximum absolute atomic E-state index is 5.72. The van der Waals surface area contributed by atoms with Gasteiger partial charge in [-0.1, -0.05) is 6.92 Å². The van der Waals surface area contributed by atoms with Gasteiger partial charge in [0.15, 0.2) is 0 Å². The number of hydrogen-bond donors (Lipinski definition) is 1. The molecule has 1 aromatic rings. The second-order valence-corrected chi connectivity index (χ2v) is 5.12. The van der Waals surface area contributed by atoms with Crippen LogP contribution >= 0.6 is 11.8 Å². The lowest BCUT2D eigenvalue weighted by molar-refractivity contribution is 0.344. The average molecular weight is 242 g/mol. The maximum atomic E-state index is 5.72. The van der Waals surface area contributed by atoms with Crippen LogP contribution in [0, 0.1) is 0 Å². The summed E-state index contributed by atoms with van der Waals surface area (Å²) < 4.78 is 5.72. The Morgan fingerprint density at radius 2 is 2.06 bits per heavy atom. The molecule has 0 saturated carbocycles. The van der Waals surface area contributed by atoms with Gasteiger partial charge in [-0.15, -0.1) is 0 Å². The topological polar surface area (TPSA) is 28.4 Å². The SMILES string of the molecule is CCNCCSCc1ccc(CN(C)C)o1. The van der Waals surface area contributed by atoms with E-state index in [-0.39, 0.29) is 0 Å². The predicted octanol–water partition coefficient (Wildman–Crippen LogP) is 2.18. The van der Waals surface area contributed by atoms with Gasteiger partial charge < -0.3 is 14.6 Å². The lowest BCUT2D eigenvalue weighted by Crippen LogP contribution is -2.15. The highest BCUT2D eigenvalue weighted by atomic mass is 32.2. The van der Waals surface area contributed by atoms with Gasteiger partial charge in [0.1, 0.15) is 11.5 Å². The van der Waals surface area contributed by atoms with Crippen LogP contribution in [0.5, 0.6) is 0 Å². The molecule has 0 saturated heterocycles. The van der Waals surface area contributed by atoms with Gasteiger partial charge in [-0.25, -0.2) is 0 Å². The molecule has 0 unspecified atom stereocenters. The van der Waals surface area contributed by atoms with E-state index in [2.05, 4.69) is 29.3 Å². The van der Waals surface area contributed by atoms with Gasteiger partial charge in [0.25, 0.3) is 0 Å². The van der Waals surface area contributed by atoms with Crippen molar-refractivity contribution in [3.05, 3.63) is 23.7 Å². The molecular weight excluding hydrogens is 220 g/mol. The summed E-state index contributed by atoms with van der Waals surface area (Å²) in [7, 11) is 4.10. The van der Waals surface area contributed by atoms with E-state index in [1.54, 1.807) is 0 Å². The summed E-state index contributed by atoms with van der Waals surface area (Å²) in [5.41, 5.74) is 0. The molecule has 4 heteroatoms. The Labute approximate surface area is 103 Å². The number of furan rings is 1. The smallest absolute Gasteiger partial charge is 0.118 e. The summed E-state index contributed by atoms with van der Waals surface area (Å²) in [6.07, 6.45) is 0. The highest BCUT2D eigenvalue weighted by Gasteiger charge is 2.02. The Bertz CT molecular complexity index is 286. The maximum Gasteiger partial charge on any atom is 0.118 e. The predicted molar refractivity (Wildman–Crippen MR) is 70.8 cm³/mol. The first-order chi connectivity index (χ1) is 7.72. The zero-order valence-electron chi connectivity index (χ0n) is 10.5. The number of nitrogens with one attached hydrogen (secondary N) is 1. The lowest BCUT2D eigenvalue weighted by Gasteiger charge is -2.05. The van der Waals surface area contributed by atoms with E-state index in [0.29, 0.717) is 0 Å². The first kappa shape index (κ1) is 13.6. The Kier molecular flexibility index (Phi) is 6.61. The van der Waals surface area contributed by atoms with E-state index >= 15 is 0 Å². The van der Waals surface area contributed by atoms with E-state index in [4.69, 9.17) is 4.42 Å². The summed E-state index contributed by atoms with van der Waals surface area (Å²) >= 11 is 1.91. The van der Waals surface area contributed by atoms with Crippen molar-refractivity contribution in [3.8, 4) is 0 Å². The fraction of sp³-hybridized carbons (Fsp3) is 0.667. The van der Waals surface area contributed by atoms with Gasteiger partial charge in [0.2, 0.25) is 0 Å². The molecule has 0 amide bonds. The van der Waals surface area contributed by atoms with E-state index in [9.17, 15) is 0 Å². The van der Waals surface area contributed by atoms with Gasteiger partial charge in [0.05, 0.1) is 12.3 Å². The Hall–Kier alpha value is -0.450. The molecule has 0 aliphatic carbocycles. The Morgan fingerprint density at radius 1 is 1.31 bits per heavy atom. The van der Waals surface area contributed by atoms with Gasteiger partial charge in [-0.3, -0.25) is 0 Å². The molecule has 92 valence electrons. The normalized spacial score (nSPS) is 11.2. The lowest BCUT2D eigenvalue weighted by atomic mass is 10.4. The van der Waals surface area contributed by atoms with E-state index in [1.807, 2.05) is 25.9 Å². The fourth-order valence-corrected chi connectivity index (χ4v) is 2.18. The molecule has 1 rings (SSSR count). The summed E-state index contributed by atoms with van der Waals surface area (Å²) in [5, 5.41) is 3.31. The number of rotatable bonds is 8. The largest absolute Gasteiger partial charge is 0.464 e. The molecule has 16 heavy (non-hydrogen) atoms. The number of thioether (sulfide) groups is 1. The molecule has 3 nitrogen and oxygen atoms in total. The van der Waals surface area contributed by atoms with Gasteiger partial charge in [0, 0.05) is 12.3 Å². The molecule has 0 fully saturated rings. The number of nitrogens with zero attached hydrogens (tertiary/aromatic N) is 1. The summed E-state index contributed by atoms with van der Waals surface area (Å²) in [6, 6.07) is 4.15. The third-order valence-electron chi connectivity index (χ3n) is 2.11. The quantitative estimate of drug-likeness (QED) is 0.707. The van der Waals surface area contributed by atoms with Crippen molar-refractivity contribution in [3.63, 3.8) is 0 Å². The monoisotopic (exact) mass is 242 g/mol. The van der Waals surface area contributed by atoms with Crippen LogP contribution in [-0.4, -0.2) is 37.8 Å².